The third kappa shape index (κ3) is 0.940. The Morgan fingerprint density at radius 1 is 1.58 bits per heavy atom. The molecule has 3 nitrogen and oxygen atoms in total. The summed E-state index contributed by atoms with van der Waals surface area (Å²) in [6, 6.07) is 1.84. The van der Waals surface area contributed by atoms with E-state index in [1.165, 1.54) is 0 Å². The molecule has 2 rings (SSSR count). The van der Waals surface area contributed by atoms with Gasteiger partial charge < -0.3 is 9.72 Å². The molecule has 0 saturated heterocycles. The van der Waals surface area contributed by atoms with Gasteiger partial charge in [0, 0.05) is 17.8 Å². The van der Waals surface area contributed by atoms with Crippen molar-refractivity contribution in [3.63, 3.8) is 0 Å². The minimum atomic E-state index is 0.569. The fourth-order valence-corrected chi connectivity index (χ4v) is 1.36. The second kappa shape index (κ2) is 2.68. The van der Waals surface area contributed by atoms with E-state index in [4.69, 9.17) is 16.3 Å². The lowest BCUT2D eigenvalue weighted by Crippen LogP contribution is -1.87. The number of aromatic amines is 1. The maximum absolute atomic E-state index is 5.89. The van der Waals surface area contributed by atoms with Crippen LogP contribution < -0.4 is 4.74 Å². The molecule has 2 heterocycles. The number of H-pyrrole nitrogens is 1. The Morgan fingerprint density at radius 2 is 2.42 bits per heavy atom. The molecule has 12 heavy (non-hydrogen) atoms. The van der Waals surface area contributed by atoms with Crippen LogP contribution in [0.15, 0.2) is 18.5 Å². The standard InChI is InChI=1S/C8H7ClN2O/c1-12-8-7-5(2-3-10-8)6(9)4-11-7/h2-4,11H,1H3. The number of hydrogen-bond donors (Lipinski definition) is 1. The van der Waals surface area contributed by atoms with Crippen LogP contribution in [0.25, 0.3) is 10.9 Å². The maximum atomic E-state index is 5.89. The first-order valence-corrected chi connectivity index (χ1v) is 3.86. The quantitative estimate of drug-likeness (QED) is 0.735. The molecule has 0 aliphatic heterocycles. The Labute approximate surface area is 74.3 Å². The molecule has 0 fully saturated rings. The number of methoxy groups -OCH3 is 1. The Hall–Kier alpha value is -1.22. The third-order valence-corrected chi connectivity index (χ3v) is 2.02. The summed E-state index contributed by atoms with van der Waals surface area (Å²) in [5.41, 5.74) is 0.838. The number of pyridine rings is 1. The number of fused-ring (bicyclic) bond motifs is 1. The van der Waals surface area contributed by atoms with Crippen LogP contribution in [0, 0.1) is 0 Å². The lowest BCUT2D eigenvalue weighted by Gasteiger charge is -1.98. The fraction of sp³-hybridized carbons (Fsp3) is 0.125. The number of aromatic nitrogens is 2. The van der Waals surface area contributed by atoms with Crippen LogP contribution >= 0.6 is 11.6 Å². The summed E-state index contributed by atoms with van der Waals surface area (Å²) in [7, 11) is 1.58. The van der Waals surface area contributed by atoms with Crippen LogP contribution in [0.4, 0.5) is 0 Å². The summed E-state index contributed by atoms with van der Waals surface area (Å²) in [5, 5.41) is 1.62. The Bertz CT molecular complexity index is 410. The molecule has 0 radical (unpaired) electrons. The Kier molecular flexibility index (Phi) is 1.66. The van der Waals surface area contributed by atoms with E-state index in [1.807, 2.05) is 6.07 Å². The average molecular weight is 183 g/mol. The number of hydrogen-bond acceptors (Lipinski definition) is 2. The second-order valence-electron chi connectivity index (χ2n) is 2.38. The van der Waals surface area contributed by atoms with Crippen LogP contribution in [-0.4, -0.2) is 17.1 Å². The van der Waals surface area contributed by atoms with E-state index in [0.29, 0.717) is 10.9 Å². The molecule has 2 aromatic heterocycles. The van der Waals surface area contributed by atoms with E-state index in [9.17, 15) is 0 Å². The van der Waals surface area contributed by atoms with Crippen molar-refractivity contribution < 1.29 is 4.74 Å². The fourth-order valence-electron chi connectivity index (χ4n) is 1.15. The van der Waals surface area contributed by atoms with Crippen molar-refractivity contribution in [1.82, 2.24) is 9.97 Å². The van der Waals surface area contributed by atoms with E-state index < -0.39 is 0 Å². The summed E-state index contributed by atoms with van der Waals surface area (Å²) >= 11 is 5.89. The Morgan fingerprint density at radius 3 is 3.17 bits per heavy atom. The predicted octanol–water partition coefficient (Wildman–Crippen LogP) is 2.22. The van der Waals surface area contributed by atoms with Gasteiger partial charge in [-0.3, -0.25) is 0 Å². The number of rotatable bonds is 1. The average Bonchev–Trinajstić information content (AvgIpc) is 2.48. The number of halogens is 1. The molecule has 0 aliphatic carbocycles. The second-order valence-corrected chi connectivity index (χ2v) is 2.79. The molecule has 0 atom stereocenters. The van der Waals surface area contributed by atoms with Gasteiger partial charge in [-0.2, -0.15) is 0 Å². The SMILES string of the molecule is COc1nccc2c(Cl)c[nH]c12. The van der Waals surface area contributed by atoms with Crippen molar-refractivity contribution >= 4 is 22.5 Å². The minimum Gasteiger partial charge on any atom is -0.479 e. The molecule has 0 saturated carbocycles. The van der Waals surface area contributed by atoms with Gasteiger partial charge in [-0.1, -0.05) is 11.6 Å². The van der Waals surface area contributed by atoms with Gasteiger partial charge in [-0.25, -0.2) is 4.98 Å². The smallest absolute Gasteiger partial charge is 0.238 e. The van der Waals surface area contributed by atoms with E-state index in [2.05, 4.69) is 9.97 Å². The zero-order valence-electron chi connectivity index (χ0n) is 6.47. The molecule has 0 spiro atoms. The van der Waals surface area contributed by atoms with Crippen molar-refractivity contribution in [2.24, 2.45) is 0 Å². The van der Waals surface area contributed by atoms with E-state index in [0.717, 1.165) is 10.9 Å². The van der Waals surface area contributed by atoms with Gasteiger partial charge in [0.2, 0.25) is 5.88 Å². The molecule has 0 unspecified atom stereocenters. The third-order valence-electron chi connectivity index (χ3n) is 1.71. The normalized spacial score (nSPS) is 10.5. The van der Waals surface area contributed by atoms with Gasteiger partial charge >= 0.3 is 0 Å². The molecule has 62 valence electrons. The number of nitrogens with one attached hydrogen (secondary N) is 1. The van der Waals surface area contributed by atoms with Crippen LogP contribution in [0.5, 0.6) is 5.88 Å². The van der Waals surface area contributed by atoms with E-state index in [1.54, 1.807) is 19.5 Å². The molecule has 1 N–H and O–H groups in total. The first-order valence-electron chi connectivity index (χ1n) is 3.48. The zero-order valence-corrected chi connectivity index (χ0v) is 7.22. The monoisotopic (exact) mass is 182 g/mol. The van der Waals surface area contributed by atoms with Crippen LogP contribution in [0.3, 0.4) is 0 Å². The molecule has 0 bridgehead atoms. The summed E-state index contributed by atoms with van der Waals surface area (Å²) in [6.45, 7) is 0. The van der Waals surface area contributed by atoms with Crippen LogP contribution in [-0.2, 0) is 0 Å². The molecule has 0 aliphatic rings. The molecular formula is C8H7ClN2O. The highest BCUT2D eigenvalue weighted by Gasteiger charge is 2.05. The van der Waals surface area contributed by atoms with Gasteiger partial charge in [0.1, 0.15) is 5.52 Å². The number of nitrogens with zero attached hydrogens (tertiary/aromatic N) is 1. The van der Waals surface area contributed by atoms with Crippen molar-refractivity contribution in [3.05, 3.63) is 23.5 Å². The van der Waals surface area contributed by atoms with E-state index in [-0.39, 0.29) is 0 Å². The van der Waals surface area contributed by atoms with E-state index >= 15 is 0 Å². The number of ether oxygens (including phenoxy) is 1. The lowest BCUT2D eigenvalue weighted by atomic mass is 10.3. The molecule has 0 amide bonds. The van der Waals surface area contributed by atoms with Gasteiger partial charge in [0.25, 0.3) is 0 Å². The highest BCUT2D eigenvalue weighted by Crippen LogP contribution is 2.27. The topological polar surface area (TPSA) is 37.9 Å². The molecular weight excluding hydrogens is 176 g/mol. The zero-order chi connectivity index (χ0) is 8.55. The van der Waals surface area contributed by atoms with Gasteiger partial charge in [0.15, 0.2) is 0 Å². The maximum Gasteiger partial charge on any atom is 0.238 e. The van der Waals surface area contributed by atoms with Crippen molar-refractivity contribution in [3.8, 4) is 5.88 Å². The summed E-state index contributed by atoms with van der Waals surface area (Å²) in [6.07, 6.45) is 3.39. The summed E-state index contributed by atoms with van der Waals surface area (Å²) < 4.78 is 5.04. The lowest BCUT2D eigenvalue weighted by molar-refractivity contribution is 0.402. The van der Waals surface area contributed by atoms with Gasteiger partial charge in [-0.15, -0.1) is 0 Å². The molecule has 4 heteroatoms. The highest BCUT2D eigenvalue weighted by atomic mass is 35.5. The van der Waals surface area contributed by atoms with Gasteiger partial charge in [0.05, 0.1) is 12.1 Å². The van der Waals surface area contributed by atoms with Crippen molar-refractivity contribution in [2.45, 2.75) is 0 Å². The summed E-state index contributed by atoms with van der Waals surface area (Å²) in [5.74, 6) is 0.569. The largest absolute Gasteiger partial charge is 0.479 e. The van der Waals surface area contributed by atoms with Crippen LogP contribution in [0.2, 0.25) is 5.02 Å². The molecule has 0 aromatic carbocycles. The first-order chi connectivity index (χ1) is 5.83. The summed E-state index contributed by atoms with van der Waals surface area (Å²) in [4.78, 5) is 7.01. The highest BCUT2D eigenvalue weighted by molar-refractivity contribution is 6.35. The van der Waals surface area contributed by atoms with Crippen molar-refractivity contribution in [2.75, 3.05) is 7.11 Å². The van der Waals surface area contributed by atoms with Crippen molar-refractivity contribution in [1.29, 1.82) is 0 Å². The Balaban J connectivity index is 2.81. The predicted molar refractivity (Wildman–Crippen MR) is 47.7 cm³/mol. The molecule has 2 aromatic rings. The first kappa shape index (κ1) is 7.43. The van der Waals surface area contributed by atoms with Crippen LogP contribution in [0.1, 0.15) is 0 Å². The minimum absolute atomic E-state index is 0.569. The van der Waals surface area contributed by atoms with Gasteiger partial charge in [-0.05, 0) is 6.07 Å².